The van der Waals surface area contributed by atoms with E-state index in [0.717, 1.165) is 10.5 Å². The Bertz CT molecular complexity index is 506. The number of benzene rings is 2. The zero-order valence-corrected chi connectivity index (χ0v) is 11.2. The molecule has 0 aromatic heterocycles. The molecular weight excluding hydrogens is 244 g/mol. The van der Waals surface area contributed by atoms with E-state index in [-0.39, 0.29) is 0 Å². The van der Waals surface area contributed by atoms with Crippen molar-refractivity contribution in [3.8, 4) is 0 Å². The van der Waals surface area contributed by atoms with Crippen molar-refractivity contribution >= 4 is 10.8 Å². The summed E-state index contributed by atoms with van der Waals surface area (Å²) in [5.74, 6) is 0. The van der Waals surface area contributed by atoms with Gasteiger partial charge in [-0.25, -0.2) is 0 Å². The van der Waals surface area contributed by atoms with Gasteiger partial charge in [-0.1, -0.05) is 42.5 Å². The average Bonchev–Trinajstić information content (AvgIpc) is 2.40. The highest BCUT2D eigenvalue weighted by Crippen LogP contribution is 2.10. The van der Waals surface area contributed by atoms with Gasteiger partial charge in [0.2, 0.25) is 0 Å². The molecule has 0 aliphatic rings. The Kier molecular flexibility index (Phi) is 4.67. The molecule has 1 atom stereocenters. The zero-order valence-electron chi connectivity index (χ0n) is 10.3. The van der Waals surface area contributed by atoms with Crippen LogP contribution < -0.4 is 0 Å². The maximum absolute atomic E-state index is 11.2. The third-order valence-corrected chi connectivity index (χ3v) is 3.57. The van der Waals surface area contributed by atoms with Crippen molar-refractivity contribution in [1.82, 2.24) is 0 Å². The van der Waals surface area contributed by atoms with Gasteiger partial charge < -0.3 is 4.74 Å². The van der Waals surface area contributed by atoms with E-state index in [4.69, 9.17) is 4.74 Å². The number of hydrogen-bond donors (Lipinski definition) is 0. The molecule has 0 aliphatic carbocycles. The quantitative estimate of drug-likeness (QED) is 0.825. The second kappa shape index (κ2) is 6.47. The highest BCUT2D eigenvalue weighted by molar-refractivity contribution is 7.84. The Morgan fingerprint density at radius 1 is 0.889 bits per heavy atom. The first-order valence-corrected chi connectivity index (χ1v) is 7.35. The first-order valence-electron chi connectivity index (χ1n) is 5.80. The van der Waals surface area contributed by atoms with E-state index >= 15 is 0 Å². The highest BCUT2D eigenvalue weighted by atomic mass is 32.2. The molecule has 1 unspecified atom stereocenters. The fourth-order valence-electron chi connectivity index (χ4n) is 1.64. The van der Waals surface area contributed by atoms with Gasteiger partial charge in [-0.2, -0.15) is 0 Å². The number of rotatable bonds is 5. The van der Waals surface area contributed by atoms with E-state index < -0.39 is 10.8 Å². The lowest BCUT2D eigenvalue weighted by molar-refractivity contribution is 0.107. The summed E-state index contributed by atoms with van der Waals surface area (Å²) in [4.78, 5) is 0.849. The average molecular weight is 260 g/mol. The van der Waals surface area contributed by atoms with E-state index in [9.17, 15) is 4.21 Å². The van der Waals surface area contributed by atoms with E-state index in [1.165, 1.54) is 5.56 Å². The van der Waals surface area contributed by atoms with Gasteiger partial charge in [-0.05, 0) is 23.3 Å². The van der Waals surface area contributed by atoms with Crippen molar-refractivity contribution in [3.63, 3.8) is 0 Å². The zero-order chi connectivity index (χ0) is 12.8. The summed E-state index contributed by atoms with van der Waals surface area (Å²) in [6, 6.07) is 17.8. The van der Waals surface area contributed by atoms with Gasteiger partial charge in [0.15, 0.2) is 0 Å². The van der Waals surface area contributed by atoms with Gasteiger partial charge in [0.1, 0.15) is 0 Å². The largest absolute Gasteiger partial charge is 0.372 e. The van der Waals surface area contributed by atoms with Crippen molar-refractivity contribution in [2.24, 2.45) is 0 Å². The molecule has 94 valence electrons. The molecule has 0 spiro atoms. The summed E-state index contributed by atoms with van der Waals surface area (Å²) < 4.78 is 16.9. The Morgan fingerprint density at radius 3 is 2.00 bits per heavy atom. The summed E-state index contributed by atoms with van der Waals surface area (Å²) in [6.45, 7) is 1.19. The minimum absolute atomic E-state index is 0.575. The molecule has 2 nitrogen and oxygen atoms in total. The fraction of sp³-hybridized carbons (Fsp3) is 0.200. The molecule has 0 aliphatic heterocycles. The van der Waals surface area contributed by atoms with Crippen LogP contribution >= 0.6 is 0 Å². The first kappa shape index (κ1) is 13.0. The number of hydrogen-bond acceptors (Lipinski definition) is 2. The van der Waals surface area contributed by atoms with Crippen LogP contribution in [0.1, 0.15) is 11.1 Å². The van der Waals surface area contributed by atoms with Crippen molar-refractivity contribution in [2.45, 2.75) is 18.1 Å². The molecule has 0 amide bonds. The molecule has 0 fully saturated rings. The molecule has 0 N–H and O–H groups in total. The van der Waals surface area contributed by atoms with Crippen LogP contribution in [0.5, 0.6) is 0 Å². The second-order valence-electron chi connectivity index (χ2n) is 4.08. The molecule has 2 aromatic rings. The summed E-state index contributed by atoms with van der Waals surface area (Å²) in [6.07, 6.45) is 1.68. The van der Waals surface area contributed by atoms with Crippen molar-refractivity contribution in [3.05, 3.63) is 65.7 Å². The van der Waals surface area contributed by atoms with E-state index in [2.05, 4.69) is 0 Å². The summed E-state index contributed by atoms with van der Waals surface area (Å²) in [5.41, 5.74) is 2.27. The minimum Gasteiger partial charge on any atom is -0.372 e. The van der Waals surface area contributed by atoms with Crippen molar-refractivity contribution in [1.29, 1.82) is 0 Å². The standard InChI is InChI=1S/C15H16O2S/c1-18(16)15-9-7-14(8-10-15)12-17-11-13-5-3-2-4-6-13/h2-10H,11-12H2,1H3. The topological polar surface area (TPSA) is 26.3 Å². The third-order valence-electron chi connectivity index (χ3n) is 2.64. The first-order chi connectivity index (χ1) is 8.75. The fourth-order valence-corrected chi connectivity index (χ4v) is 2.16. The van der Waals surface area contributed by atoms with Crippen molar-refractivity contribution < 1.29 is 8.95 Å². The Labute approximate surface area is 110 Å². The second-order valence-corrected chi connectivity index (χ2v) is 5.46. The van der Waals surface area contributed by atoms with Crippen LogP contribution in [-0.4, -0.2) is 10.5 Å². The Hall–Kier alpha value is -1.45. The third kappa shape index (κ3) is 3.79. The SMILES string of the molecule is CS(=O)c1ccc(COCc2ccccc2)cc1. The van der Waals surface area contributed by atoms with Crippen LogP contribution in [0.3, 0.4) is 0 Å². The number of ether oxygens (including phenoxy) is 1. The maximum Gasteiger partial charge on any atom is 0.0721 e. The lowest BCUT2D eigenvalue weighted by Crippen LogP contribution is -1.94. The monoisotopic (exact) mass is 260 g/mol. The molecule has 2 rings (SSSR count). The van der Waals surface area contributed by atoms with Crippen LogP contribution in [0.25, 0.3) is 0 Å². The Morgan fingerprint density at radius 2 is 1.44 bits per heavy atom. The summed E-state index contributed by atoms with van der Waals surface area (Å²) in [7, 11) is -0.913. The summed E-state index contributed by atoms with van der Waals surface area (Å²) in [5, 5.41) is 0. The van der Waals surface area contributed by atoms with Crippen LogP contribution in [0.4, 0.5) is 0 Å². The van der Waals surface area contributed by atoms with Gasteiger partial charge in [0.05, 0.1) is 13.2 Å². The molecule has 0 saturated heterocycles. The van der Waals surface area contributed by atoms with Gasteiger partial charge in [-0.3, -0.25) is 4.21 Å². The molecule has 0 bridgehead atoms. The smallest absolute Gasteiger partial charge is 0.0721 e. The predicted molar refractivity (Wildman–Crippen MR) is 73.7 cm³/mol. The molecule has 0 radical (unpaired) electrons. The molecule has 0 heterocycles. The van der Waals surface area contributed by atoms with Crippen LogP contribution in [0.2, 0.25) is 0 Å². The minimum atomic E-state index is -0.913. The van der Waals surface area contributed by atoms with Crippen LogP contribution in [0.15, 0.2) is 59.5 Å². The highest BCUT2D eigenvalue weighted by Gasteiger charge is 1.98. The van der Waals surface area contributed by atoms with Gasteiger partial charge in [0, 0.05) is 22.0 Å². The van der Waals surface area contributed by atoms with E-state index in [0.29, 0.717) is 13.2 Å². The normalized spacial score (nSPS) is 12.3. The lowest BCUT2D eigenvalue weighted by Gasteiger charge is -2.05. The molecule has 3 heteroatoms. The van der Waals surface area contributed by atoms with E-state index in [1.807, 2.05) is 54.6 Å². The Balaban J connectivity index is 1.85. The van der Waals surface area contributed by atoms with Gasteiger partial charge in [0.25, 0.3) is 0 Å². The van der Waals surface area contributed by atoms with Crippen LogP contribution in [0, 0.1) is 0 Å². The lowest BCUT2D eigenvalue weighted by atomic mass is 10.2. The van der Waals surface area contributed by atoms with Gasteiger partial charge in [-0.15, -0.1) is 0 Å². The summed E-state index contributed by atoms with van der Waals surface area (Å²) >= 11 is 0. The van der Waals surface area contributed by atoms with Crippen molar-refractivity contribution in [2.75, 3.05) is 6.26 Å². The predicted octanol–water partition coefficient (Wildman–Crippen LogP) is 3.14. The maximum atomic E-state index is 11.2. The molecule has 0 saturated carbocycles. The van der Waals surface area contributed by atoms with Gasteiger partial charge >= 0.3 is 0 Å². The molecule has 18 heavy (non-hydrogen) atoms. The van der Waals surface area contributed by atoms with E-state index in [1.54, 1.807) is 6.26 Å². The molecule has 2 aromatic carbocycles. The van der Waals surface area contributed by atoms with Crippen LogP contribution in [-0.2, 0) is 28.8 Å². The molecular formula is C15H16O2S.